The van der Waals surface area contributed by atoms with Crippen LogP contribution in [-0.4, -0.2) is 20.4 Å². The molecule has 0 radical (unpaired) electrons. The number of hydrogen-bond donors (Lipinski definition) is 1. The Morgan fingerprint density at radius 3 is 2.54 bits per heavy atom. The van der Waals surface area contributed by atoms with Crippen LogP contribution >= 0.6 is 0 Å². The van der Waals surface area contributed by atoms with Gasteiger partial charge in [0.15, 0.2) is 0 Å². The predicted octanol–water partition coefficient (Wildman–Crippen LogP) is 2.69. The van der Waals surface area contributed by atoms with Crippen molar-refractivity contribution in [3.63, 3.8) is 0 Å². The van der Waals surface area contributed by atoms with E-state index in [2.05, 4.69) is 15.3 Å². The lowest BCUT2D eigenvalue weighted by Crippen LogP contribution is -2.29. The minimum absolute atomic E-state index is 0.0355. The van der Waals surface area contributed by atoms with Crippen LogP contribution in [0.25, 0.3) is 0 Å². The van der Waals surface area contributed by atoms with E-state index >= 15 is 0 Å². The molecule has 3 aromatic rings. The number of pyridine rings is 1. The van der Waals surface area contributed by atoms with Crippen molar-refractivity contribution in [2.24, 2.45) is 0 Å². The van der Waals surface area contributed by atoms with E-state index in [0.717, 1.165) is 0 Å². The summed E-state index contributed by atoms with van der Waals surface area (Å²) in [7, 11) is 0. The molecule has 0 spiro atoms. The number of amides is 1. The third-order valence-corrected chi connectivity index (χ3v) is 3.71. The molecular formula is C19H17FN4O2. The highest BCUT2D eigenvalue weighted by Gasteiger charge is 2.14. The van der Waals surface area contributed by atoms with Gasteiger partial charge in [0.05, 0.1) is 6.54 Å². The molecule has 0 aliphatic rings. The summed E-state index contributed by atoms with van der Waals surface area (Å²) in [6, 6.07) is 10.8. The normalized spacial score (nSPS) is 10.6. The van der Waals surface area contributed by atoms with Gasteiger partial charge in [-0.25, -0.2) is 14.4 Å². The number of nitrogens with one attached hydrogen (secondary N) is 1. The van der Waals surface area contributed by atoms with E-state index in [9.17, 15) is 14.0 Å². The van der Waals surface area contributed by atoms with Crippen molar-refractivity contribution in [2.45, 2.75) is 20.4 Å². The fourth-order valence-corrected chi connectivity index (χ4v) is 2.62. The van der Waals surface area contributed by atoms with Crippen molar-refractivity contribution in [3.05, 3.63) is 87.3 Å². The van der Waals surface area contributed by atoms with Crippen molar-refractivity contribution in [2.75, 3.05) is 5.32 Å². The SMILES string of the molecule is Cc1cc(C)nc(NC(=O)c2cccn(Cc3cccc(F)c3)c2=O)n1. The number of aromatic nitrogens is 3. The Bertz CT molecular complexity index is 1010. The highest BCUT2D eigenvalue weighted by atomic mass is 19.1. The first-order valence-corrected chi connectivity index (χ1v) is 8.00. The molecule has 0 saturated heterocycles. The number of benzene rings is 1. The number of aryl methyl sites for hydroxylation is 2. The van der Waals surface area contributed by atoms with Crippen LogP contribution in [0, 0.1) is 19.7 Å². The molecule has 26 heavy (non-hydrogen) atoms. The summed E-state index contributed by atoms with van der Waals surface area (Å²) in [6.45, 7) is 3.75. The fourth-order valence-electron chi connectivity index (χ4n) is 2.62. The average Bonchev–Trinajstić information content (AvgIpc) is 2.56. The lowest BCUT2D eigenvalue weighted by molar-refractivity contribution is 0.102. The minimum atomic E-state index is -0.589. The summed E-state index contributed by atoms with van der Waals surface area (Å²) in [5, 5.41) is 2.55. The highest BCUT2D eigenvalue weighted by molar-refractivity contribution is 6.03. The topological polar surface area (TPSA) is 76.9 Å². The molecule has 0 unspecified atom stereocenters. The minimum Gasteiger partial charge on any atom is -0.310 e. The maximum Gasteiger partial charge on any atom is 0.263 e. The Kier molecular flexibility index (Phi) is 4.88. The summed E-state index contributed by atoms with van der Waals surface area (Å²) >= 11 is 0. The molecule has 1 aromatic carbocycles. The van der Waals surface area contributed by atoms with Crippen LogP contribution in [0.5, 0.6) is 0 Å². The lowest BCUT2D eigenvalue weighted by atomic mass is 10.2. The second-order valence-electron chi connectivity index (χ2n) is 5.91. The Morgan fingerprint density at radius 2 is 1.85 bits per heavy atom. The fraction of sp³-hybridized carbons (Fsp3) is 0.158. The Morgan fingerprint density at radius 1 is 1.12 bits per heavy atom. The number of anilines is 1. The molecule has 1 amide bonds. The molecule has 1 N–H and O–H groups in total. The van der Waals surface area contributed by atoms with Crippen LogP contribution in [0.15, 0.2) is 53.5 Å². The van der Waals surface area contributed by atoms with Crippen LogP contribution < -0.4 is 10.9 Å². The van der Waals surface area contributed by atoms with Crippen LogP contribution in [0.1, 0.15) is 27.3 Å². The lowest BCUT2D eigenvalue weighted by Gasteiger charge is -2.09. The summed E-state index contributed by atoms with van der Waals surface area (Å²) in [5.74, 6) is -0.822. The molecule has 0 bridgehead atoms. The second kappa shape index (κ2) is 7.26. The molecule has 0 atom stereocenters. The summed E-state index contributed by atoms with van der Waals surface area (Å²) < 4.78 is 14.7. The largest absolute Gasteiger partial charge is 0.310 e. The molecule has 2 aromatic heterocycles. The van der Waals surface area contributed by atoms with Gasteiger partial charge in [-0.2, -0.15) is 0 Å². The first-order chi connectivity index (χ1) is 12.4. The molecule has 6 nitrogen and oxygen atoms in total. The zero-order valence-electron chi connectivity index (χ0n) is 14.4. The zero-order chi connectivity index (χ0) is 18.7. The smallest absolute Gasteiger partial charge is 0.263 e. The van der Waals surface area contributed by atoms with Gasteiger partial charge in [0.25, 0.3) is 11.5 Å². The molecule has 0 saturated carbocycles. The van der Waals surface area contributed by atoms with Crippen LogP contribution in [0.4, 0.5) is 10.3 Å². The summed E-state index contributed by atoms with van der Waals surface area (Å²) in [5.41, 5.74) is 1.54. The third-order valence-electron chi connectivity index (χ3n) is 3.71. The number of rotatable bonds is 4. The molecule has 0 aliphatic carbocycles. The predicted molar refractivity (Wildman–Crippen MR) is 95.7 cm³/mol. The quantitative estimate of drug-likeness (QED) is 0.783. The van der Waals surface area contributed by atoms with Gasteiger partial charge in [0.1, 0.15) is 11.4 Å². The van der Waals surface area contributed by atoms with Gasteiger partial charge in [-0.15, -0.1) is 0 Å². The molecule has 0 aliphatic heterocycles. The monoisotopic (exact) mass is 352 g/mol. The number of halogens is 1. The van der Waals surface area contributed by atoms with Crippen molar-refractivity contribution in [1.82, 2.24) is 14.5 Å². The zero-order valence-corrected chi connectivity index (χ0v) is 14.4. The molecule has 3 rings (SSSR count). The van der Waals surface area contributed by atoms with Gasteiger partial charge in [0.2, 0.25) is 5.95 Å². The van der Waals surface area contributed by atoms with Crippen molar-refractivity contribution in [1.29, 1.82) is 0 Å². The standard InChI is InChI=1S/C19H17FN4O2/c1-12-9-13(2)22-19(21-12)23-17(25)16-7-4-8-24(18(16)26)11-14-5-3-6-15(20)10-14/h3-10H,11H2,1-2H3,(H,21,22,23,25). The molecule has 2 heterocycles. The van der Waals surface area contributed by atoms with E-state index in [0.29, 0.717) is 17.0 Å². The number of carbonyl (C=O) groups is 1. The third kappa shape index (κ3) is 4.00. The van der Waals surface area contributed by atoms with Crippen LogP contribution in [0.2, 0.25) is 0 Å². The average molecular weight is 352 g/mol. The maximum absolute atomic E-state index is 13.3. The molecule has 132 valence electrons. The Labute approximate surface area is 149 Å². The molecular weight excluding hydrogens is 335 g/mol. The highest BCUT2D eigenvalue weighted by Crippen LogP contribution is 2.07. The van der Waals surface area contributed by atoms with Crippen molar-refractivity contribution < 1.29 is 9.18 Å². The van der Waals surface area contributed by atoms with E-state index in [4.69, 9.17) is 0 Å². The van der Waals surface area contributed by atoms with E-state index < -0.39 is 11.5 Å². The van der Waals surface area contributed by atoms with E-state index in [1.54, 1.807) is 44.3 Å². The number of carbonyl (C=O) groups excluding carboxylic acids is 1. The molecule has 7 heteroatoms. The summed E-state index contributed by atoms with van der Waals surface area (Å²) in [4.78, 5) is 33.3. The van der Waals surface area contributed by atoms with Gasteiger partial charge in [0, 0.05) is 17.6 Å². The van der Waals surface area contributed by atoms with E-state index in [1.807, 2.05) is 0 Å². The first kappa shape index (κ1) is 17.5. The van der Waals surface area contributed by atoms with Crippen LogP contribution in [0.3, 0.4) is 0 Å². The van der Waals surface area contributed by atoms with Gasteiger partial charge in [-0.1, -0.05) is 12.1 Å². The van der Waals surface area contributed by atoms with Gasteiger partial charge < -0.3 is 4.57 Å². The van der Waals surface area contributed by atoms with E-state index in [-0.39, 0.29) is 23.9 Å². The Balaban J connectivity index is 1.86. The van der Waals surface area contributed by atoms with Crippen molar-refractivity contribution >= 4 is 11.9 Å². The number of nitrogens with zero attached hydrogens (tertiary/aromatic N) is 3. The Hall–Kier alpha value is -3.35. The number of hydrogen-bond acceptors (Lipinski definition) is 4. The second-order valence-corrected chi connectivity index (χ2v) is 5.91. The van der Waals surface area contributed by atoms with Crippen LogP contribution in [-0.2, 0) is 6.54 Å². The molecule has 0 fully saturated rings. The van der Waals surface area contributed by atoms with Gasteiger partial charge in [-0.3, -0.25) is 14.9 Å². The van der Waals surface area contributed by atoms with Gasteiger partial charge in [-0.05, 0) is 49.7 Å². The first-order valence-electron chi connectivity index (χ1n) is 8.00. The maximum atomic E-state index is 13.3. The summed E-state index contributed by atoms with van der Waals surface area (Å²) in [6.07, 6.45) is 1.55. The van der Waals surface area contributed by atoms with Gasteiger partial charge >= 0.3 is 0 Å². The van der Waals surface area contributed by atoms with E-state index in [1.165, 1.54) is 22.8 Å². The van der Waals surface area contributed by atoms with Crippen molar-refractivity contribution in [3.8, 4) is 0 Å².